The van der Waals surface area contributed by atoms with E-state index in [4.69, 9.17) is 10.5 Å². The van der Waals surface area contributed by atoms with Crippen molar-refractivity contribution < 1.29 is 22.7 Å². The molecule has 2 unspecified atom stereocenters. The van der Waals surface area contributed by atoms with E-state index in [0.717, 1.165) is 4.90 Å². The zero-order valence-electron chi connectivity index (χ0n) is 9.67. The largest absolute Gasteiger partial charge is 0.406 e. The Morgan fingerprint density at radius 2 is 2.12 bits per heavy atom. The van der Waals surface area contributed by atoms with Crippen LogP contribution in [0.5, 0.6) is 0 Å². The first-order chi connectivity index (χ1) is 7.85. The Kier molecular flexibility index (Phi) is 4.76. The van der Waals surface area contributed by atoms with E-state index in [1.165, 1.54) is 0 Å². The van der Waals surface area contributed by atoms with Crippen molar-refractivity contribution in [3.8, 4) is 0 Å². The smallest absolute Gasteiger partial charge is 0.379 e. The number of amides is 1. The molecule has 1 aliphatic rings. The van der Waals surface area contributed by atoms with Crippen LogP contribution in [0, 0.1) is 5.92 Å². The number of hydrogen-bond acceptors (Lipinski definition) is 3. The molecular weight excluding hydrogens is 237 g/mol. The van der Waals surface area contributed by atoms with E-state index in [1.807, 2.05) is 0 Å². The minimum atomic E-state index is -4.38. The fraction of sp³-hybridized carbons (Fsp3) is 0.900. The standard InChI is InChI=1S/C10H17F3N2O2/c1-2-3-15(6-10(11,12)13)9(16)7-4-17-5-8(7)14/h7-8H,2-6,14H2,1H3. The maximum Gasteiger partial charge on any atom is 0.406 e. The first-order valence-corrected chi connectivity index (χ1v) is 5.54. The van der Waals surface area contributed by atoms with Crippen molar-refractivity contribution in [1.29, 1.82) is 0 Å². The minimum Gasteiger partial charge on any atom is -0.379 e. The minimum absolute atomic E-state index is 0.0849. The number of rotatable bonds is 4. The Labute approximate surface area is 97.9 Å². The molecular formula is C10H17F3N2O2. The van der Waals surface area contributed by atoms with Crippen LogP contribution >= 0.6 is 0 Å². The summed E-state index contributed by atoms with van der Waals surface area (Å²) in [6.07, 6.45) is -3.90. The van der Waals surface area contributed by atoms with E-state index in [2.05, 4.69) is 0 Å². The van der Waals surface area contributed by atoms with E-state index in [1.54, 1.807) is 6.92 Å². The van der Waals surface area contributed by atoms with Gasteiger partial charge < -0.3 is 15.4 Å². The third-order valence-electron chi connectivity index (χ3n) is 2.62. The number of ether oxygens (including phenoxy) is 1. The van der Waals surface area contributed by atoms with Crippen LogP contribution in [0.25, 0.3) is 0 Å². The fourth-order valence-electron chi connectivity index (χ4n) is 1.81. The number of hydrogen-bond donors (Lipinski definition) is 1. The van der Waals surface area contributed by atoms with E-state index < -0.39 is 30.6 Å². The molecule has 0 aliphatic carbocycles. The maximum absolute atomic E-state index is 12.3. The number of carbonyl (C=O) groups is 1. The molecule has 0 bridgehead atoms. The number of nitrogens with zero attached hydrogens (tertiary/aromatic N) is 1. The Morgan fingerprint density at radius 1 is 1.47 bits per heavy atom. The highest BCUT2D eigenvalue weighted by Gasteiger charge is 2.38. The van der Waals surface area contributed by atoms with Gasteiger partial charge in [0.25, 0.3) is 0 Å². The molecule has 100 valence electrons. The van der Waals surface area contributed by atoms with Crippen molar-refractivity contribution in [2.45, 2.75) is 25.6 Å². The van der Waals surface area contributed by atoms with Gasteiger partial charge in [-0.15, -0.1) is 0 Å². The Bertz CT molecular complexity index is 271. The van der Waals surface area contributed by atoms with Crippen molar-refractivity contribution in [1.82, 2.24) is 4.90 Å². The molecule has 1 fully saturated rings. The quantitative estimate of drug-likeness (QED) is 0.806. The van der Waals surface area contributed by atoms with Crippen LogP contribution in [-0.2, 0) is 9.53 Å². The van der Waals surface area contributed by atoms with E-state index in [-0.39, 0.29) is 19.8 Å². The predicted molar refractivity (Wildman–Crippen MR) is 55.2 cm³/mol. The molecule has 0 aromatic carbocycles. The normalized spacial score (nSPS) is 25.0. The van der Waals surface area contributed by atoms with Crippen LogP contribution in [0.1, 0.15) is 13.3 Å². The van der Waals surface area contributed by atoms with E-state index in [0.29, 0.717) is 6.42 Å². The summed E-state index contributed by atoms with van der Waals surface area (Å²) in [6.45, 7) is 0.923. The molecule has 2 N–H and O–H groups in total. The topological polar surface area (TPSA) is 55.6 Å². The first kappa shape index (κ1) is 14.2. The summed E-state index contributed by atoms with van der Waals surface area (Å²) in [4.78, 5) is 12.7. The zero-order valence-corrected chi connectivity index (χ0v) is 9.67. The van der Waals surface area contributed by atoms with Crippen LogP contribution < -0.4 is 5.73 Å². The summed E-state index contributed by atoms with van der Waals surface area (Å²) in [6, 6.07) is -0.505. The van der Waals surface area contributed by atoms with E-state index >= 15 is 0 Å². The second-order valence-electron chi connectivity index (χ2n) is 4.18. The molecule has 1 amide bonds. The Morgan fingerprint density at radius 3 is 2.53 bits per heavy atom. The number of carbonyl (C=O) groups excluding carboxylic acids is 1. The highest BCUT2D eigenvalue weighted by molar-refractivity contribution is 5.80. The molecule has 0 spiro atoms. The van der Waals surface area contributed by atoms with Gasteiger partial charge in [0.2, 0.25) is 5.91 Å². The second kappa shape index (κ2) is 5.68. The molecule has 2 atom stereocenters. The zero-order chi connectivity index (χ0) is 13.1. The van der Waals surface area contributed by atoms with Crippen LogP contribution in [0.15, 0.2) is 0 Å². The van der Waals surface area contributed by atoms with Gasteiger partial charge in [-0.25, -0.2) is 0 Å². The summed E-state index contributed by atoms with van der Waals surface area (Å²) in [7, 11) is 0. The molecule has 0 aromatic rings. The van der Waals surface area contributed by atoms with Gasteiger partial charge in [0.1, 0.15) is 6.54 Å². The van der Waals surface area contributed by atoms with Gasteiger partial charge in [-0.05, 0) is 6.42 Å². The second-order valence-corrected chi connectivity index (χ2v) is 4.18. The van der Waals surface area contributed by atoms with Gasteiger partial charge in [0.15, 0.2) is 0 Å². The average molecular weight is 254 g/mol. The molecule has 1 saturated heterocycles. The lowest BCUT2D eigenvalue weighted by molar-refractivity contribution is -0.164. The van der Waals surface area contributed by atoms with Gasteiger partial charge in [0, 0.05) is 12.6 Å². The van der Waals surface area contributed by atoms with Crippen LogP contribution in [0.3, 0.4) is 0 Å². The summed E-state index contributed by atoms with van der Waals surface area (Å²) >= 11 is 0. The fourth-order valence-corrected chi connectivity index (χ4v) is 1.81. The highest BCUT2D eigenvalue weighted by atomic mass is 19.4. The summed E-state index contributed by atoms with van der Waals surface area (Å²) in [5, 5.41) is 0. The summed E-state index contributed by atoms with van der Waals surface area (Å²) < 4.78 is 41.9. The molecule has 17 heavy (non-hydrogen) atoms. The third-order valence-corrected chi connectivity index (χ3v) is 2.62. The molecule has 0 saturated carbocycles. The monoisotopic (exact) mass is 254 g/mol. The van der Waals surface area contributed by atoms with Crippen molar-refractivity contribution in [2.75, 3.05) is 26.3 Å². The molecule has 7 heteroatoms. The van der Waals surface area contributed by atoms with Crippen molar-refractivity contribution in [3.05, 3.63) is 0 Å². The molecule has 1 heterocycles. The van der Waals surface area contributed by atoms with Crippen molar-refractivity contribution in [2.24, 2.45) is 11.7 Å². The molecule has 0 radical (unpaired) electrons. The highest BCUT2D eigenvalue weighted by Crippen LogP contribution is 2.21. The molecule has 1 rings (SSSR count). The van der Waals surface area contributed by atoms with Crippen LogP contribution in [-0.4, -0.2) is 49.3 Å². The van der Waals surface area contributed by atoms with Crippen LogP contribution in [0.2, 0.25) is 0 Å². The molecule has 4 nitrogen and oxygen atoms in total. The van der Waals surface area contributed by atoms with Crippen molar-refractivity contribution in [3.63, 3.8) is 0 Å². The molecule has 0 aromatic heterocycles. The predicted octanol–water partition coefficient (Wildman–Crippen LogP) is 0.761. The van der Waals surface area contributed by atoms with Gasteiger partial charge >= 0.3 is 6.18 Å². The van der Waals surface area contributed by atoms with Crippen LogP contribution in [0.4, 0.5) is 13.2 Å². The Balaban J connectivity index is 2.66. The van der Waals surface area contributed by atoms with Gasteiger partial charge in [0.05, 0.1) is 19.1 Å². The third kappa shape index (κ3) is 4.16. The van der Waals surface area contributed by atoms with Gasteiger partial charge in [-0.2, -0.15) is 13.2 Å². The lowest BCUT2D eigenvalue weighted by atomic mass is 10.0. The van der Waals surface area contributed by atoms with Gasteiger partial charge in [-0.3, -0.25) is 4.79 Å². The summed E-state index contributed by atoms with van der Waals surface area (Å²) in [5.74, 6) is -1.21. The number of nitrogens with two attached hydrogens (primary N) is 1. The first-order valence-electron chi connectivity index (χ1n) is 5.54. The van der Waals surface area contributed by atoms with Gasteiger partial charge in [-0.1, -0.05) is 6.92 Å². The maximum atomic E-state index is 12.3. The number of halogens is 3. The number of alkyl halides is 3. The molecule has 1 aliphatic heterocycles. The van der Waals surface area contributed by atoms with E-state index in [9.17, 15) is 18.0 Å². The SMILES string of the molecule is CCCN(CC(F)(F)F)C(=O)C1COCC1N. The lowest BCUT2D eigenvalue weighted by Gasteiger charge is -2.27. The average Bonchev–Trinajstić information content (AvgIpc) is 2.61. The van der Waals surface area contributed by atoms with Crippen molar-refractivity contribution >= 4 is 5.91 Å². The Hall–Kier alpha value is -0.820. The summed E-state index contributed by atoms with van der Waals surface area (Å²) in [5.41, 5.74) is 5.62. The lowest BCUT2D eigenvalue weighted by Crippen LogP contribution is -2.47.